The monoisotopic (exact) mass is 320 g/mol. The van der Waals surface area contributed by atoms with Gasteiger partial charge >= 0.3 is 0 Å². The number of aryl methyl sites for hydroxylation is 2. The van der Waals surface area contributed by atoms with Crippen molar-refractivity contribution in [2.45, 2.75) is 60.4 Å². The molecule has 0 bridgehead atoms. The van der Waals surface area contributed by atoms with E-state index in [1.807, 2.05) is 4.68 Å². The molecule has 1 aromatic rings. The van der Waals surface area contributed by atoms with Gasteiger partial charge in [0.05, 0.1) is 11.1 Å². The summed E-state index contributed by atoms with van der Waals surface area (Å²) < 4.78 is 2.04. The largest absolute Gasteiger partial charge is 0.355 e. The molecule has 2 rings (SSSR count). The van der Waals surface area contributed by atoms with Gasteiger partial charge in [-0.1, -0.05) is 6.92 Å². The third-order valence-corrected chi connectivity index (χ3v) is 5.26. The molecule has 1 aliphatic heterocycles. The lowest BCUT2D eigenvalue weighted by Crippen LogP contribution is -2.50. The molecule has 0 radical (unpaired) electrons. The number of hydrogen-bond acceptors (Lipinski definition) is 3. The molecule has 0 aromatic carbocycles. The molecule has 5 heteroatoms. The topological polar surface area (TPSA) is 50.2 Å². The van der Waals surface area contributed by atoms with Gasteiger partial charge < -0.3 is 10.2 Å². The van der Waals surface area contributed by atoms with E-state index in [0.717, 1.165) is 51.1 Å². The van der Waals surface area contributed by atoms with E-state index in [-0.39, 0.29) is 11.3 Å². The van der Waals surface area contributed by atoms with Crippen LogP contribution in [0.5, 0.6) is 0 Å². The van der Waals surface area contributed by atoms with Gasteiger partial charge in [0.25, 0.3) is 0 Å². The van der Waals surface area contributed by atoms with E-state index in [4.69, 9.17) is 0 Å². The number of aromatic nitrogens is 2. The molecule has 1 N–H and O–H groups in total. The van der Waals surface area contributed by atoms with Crippen molar-refractivity contribution in [3.63, 3.8) is 0 Å². The Bertz CT molecular complexity index is 551. The predicted octanol–water partition coefficient (Wildman–Crippen LogP) is 2.30. The van der Waals surface area contributed by atoms with Gasteiger partial charge in [0.1, 0.15) is 0 Å². The standard InChI is InChI=1S/C18H32N4O/c1-6-21-12-8-10-18(5,13-21)17(23)19-11-9-16-14(3)20-22(7-2)15(16)4/h6-13H2,1-5H3,(H,19,23)/t18-/m1/s1. The van der Waals surface area contributed by atoms with Crippen LogP contribution in [0.3, 0.4) is 0 Å². The molecule has 23 heavy (non-hydrogen) atoms. The fraction of sp³-hybridized carbons (Fsp3) is 0.778. The summed E-state index contributed by atoms with van der Waals surface area (Å²) in [6.07, 6.45) is 2.96. The van der Waals surface area contributed by atoms with Crippen LogP contribution in [0.15, 0.2) is 0 Å². The number of hydrogen-bond donors (Lipinski definition) is 1. The van der Waals surface area contributed by atoms with Crippen LogP contribution in [-0.4, -0.2) is 46.8 Å². The van der Waals surface area contributed by atoms with Crippen molar-refractivity contribution in [2.24, 2.45) is 5.41 Å². The summed E-state index contributed by atoms with van der Waals surface area (Å²) in [5, 5.41) is 7.71. The Morgan fingerprint density at radius 2 is 2.04 bits per heavy atom. The number of nitrogens with one attached hydrogen (secondary N) is 1. The molecule has 5 nitrogen and oxygen atoms in total. The van der Waals surface area contributed by atoms with Crippen LogP contribution >= 0.6 is 0 Å². The van der Waals surface area contributed by atoms with E-state index in [1.54, 1.807) is 0 Å². The first-order valence-electron chi connectivity index (χ1n) is 8.94. The highest BCUT2D eigenvalue weighted by Gasteiger charge is 2.37. The average Bonchev–Trinajstić information content (AvgIpc) is 2.81. The maximum Gasteiger partial charge on any atom is 0.227 e. The molecule has 1 aromatic heterocycles. The number of amides is 1. The number of rotatable bonds is 6. The second-order valence-corrected chi connectivity index (χ2v) is 7.00. The molecule has 130 valence electrons. The molecule has 1 aliphatic rings. The third-order valence-electron chi connectivity index (χ3n) is 5.26. The molecule has 0 saturated carbocycles. The molecule has 1 atom stereocenters. The van der Waals surface area contributed by atoms with Gasteiger partial charge in [-0.3, -0.25) is 9.48 Å². The van der Waals surface area contributed by atoms with Gasteiger partial charge in [0, 0.05) is 25.3 Å². The summed E-state index contributed by atoms with van der Waals surface area (Å²) in [7, 11) is 0. The van der Waals surface area contributed by atoms with E-state index in [2.05, 4.69) is 49.9 Å². The quantitative estimate of drug-likeness (QED) is 0.875. The number of carbonyl (C=O) groups is 1. The Morgan fingerprint density at radius 1 is 1.30 bits per heavy atom. The molecule has 2 heterocycles. The summed E-state index contributed by atoms with van der Waals surface area (Å²) >= 11 is 0. The highest BCUT2D eigenvalue weighted by molar-refractivity contribution is 5.82. The third kappa shape index (κ3) is 3.94. The van der Waals surface area contributed by atoms with Crippen LogP contribution in [0, 0.1) is 19.3 Å². The summed E-state index contributed by atoms with van der Waals surface area (Å²) in [4.78, 5) is 15.0. The van der Waals surface area contributed by atoms with E-state index in [0.29, 0.717) is 6.54 Å². The highest BCUT2D eigenvalue weighted by atomic mass is 16.2. The zero-order chi connectivity index (χ0) is 17.0. The van der Waals surface area contributed by atoms with Gasteiger partial charge in [0.2, 0.25) is 5.91 Å². The second-order valence-electron chi connectivity index (χ2n) is 7.00. The van der Waals surface area contributed by atoms with Crippen molar-refractivity contribution in [3.05, 3.63) is 17.0 Å². The van der Waals surface area contributed by atoms with E-state index in [9.17, 15) is 4.79 Å². The fourth-order valence-electron chi connectivity index (χ4n) is 3.72. The van der Waals surface area contributed by atoms with Crippen LogP contribution in [-0.2, 0) is 17.8 Å². The molecular formula is C18H32N4O. The van der Waals surface area contributed by atoms with E-state index in [1.165, 1.54) is 11.3 Å². The molecule has 0 aliphatic carbocycles. The van der Waals surface area contributed by atoms with Crippen molar-refractivity contribution in [1.82, 2.24) is 20.0 Å². The van der Waals surface area contributed by atoms with Crippen molar-refractivity contribution < 1.29 is 4.79 Å². The van der Waals surface area contributed by atoms with Crippen LogP contribution in [0.25, 0.3) is 0 Å². The lowest BCUT2D eigenvalue weighted by atomic mass is 9.81. The van der Waals surface area contributed by atoms with Crippen LogP contribution in [0.4, 0.5) is 0 Å². The van der Waals surface area contributed by atoms with Gasteiger partial charge in [-0.15, -0.1) is 0 Å². The van der Waals surface area contributed by atoms with Gasteiger partial charge in [-0.05, 0) is 65.6 Å². The van der Waals surface area contributed by atoms with E-state index >= 15 is 0 Å². The fourth-order valence-corrected chi connectivity index (χ4v) is 3.72. The highest BCUT2D eigenvalue weighted by Crippen LogP contribution is 2.29. The minimum absolute atomic E-state index is 0.203. The zero-order valence-electron chi connectivity index (χ0n) is 15.4. The molecule has 1 saturated heterocycles. The molecule has 0 unspecified atom stereocenters. The molecule has 1 fully saturated rings. The predicted molar refractivity (Wildman–Crippen MR) is 93.5 cm³/mol. The van der Waals surface area contributed by atoms with Gasteiger partial charge in [-0.2, -0.15) is 5.10 Å². The Labute approximate surface area is 140 Å². The minimum atomic E-state index is -0.244. The summed E-state index contributed by atoms with van der Waals surface area (Å²) in [6, 6.07) is 0. The number of nitrogens with zero attached hydrogens (tertiary/aromatic N) is 3. The maximum atomic E-state index is 12.6. The van der Waals surface area contributed by atoms with Crippen molar-refractivity contribution in [1.29, 1.82) is 0 Å². The van der Waals surface area contributed by atoms with Crippen LogP contribution in [0.1, 0.15) is 50.6 Å². The van der Waals surface area contributed by atoms with Crippen LogP contribution < -0.4 is 5.32 Å². The van der Waals surface area contributed by atoms with E-state index < -0.39 is 0 Å². The normalized spacial score (nSPS) is 22.3. The summed E-state index contributed by atoms with van der Waals surface area (Å²) in [6.45, 7) is 15.2. The van der Waals surface area contributed by atoms with Gasteiger partial charge in [0.15, 0.2) is 0 Å². The number of likely N-dealkylation sites (tertiary alicyclic amines) is 1. The SMILES string of the molecule is CCN1CCC[C@@](C)(C(=O)NCCc2c(C)nn(CC)c2C)C1. The zero-order valence-corrected chi connectivity index (χ0v) is 15.4. The Morgan fingerprint density at radius 3 is 2.65 bits per heavy atom. The molecule has 1 amide bonds. The van der Waals surface area contributed by atoms with Crippen LogP contribution in [0.2, 0.25) is 0 Å². The maximum absolute atomic E-state index is 12.6. The molecule has 0 spiro atoms. The minimum Gasteiger partial charge on any atom is -0.355 e. The first-order chi connectivity index (χ1) is 10.9. The first-order valence-corrected chi connectivity index (χ1v) is 8.94. The summed E-state index contributed by atoms with van der Waals surface area (Å²) in [5.41, 5.74) is 3.34. The second kappa shape index (κ2) is 7.47. The van der Waals surface area contributed by atoms with Crippen molar-refractivity contribution in [2.75, 3.05) is 26.2 Å². The number of piperidine rings is 1. The Balaban J connectivity index is 1.91. The summed E-state index contributed by atoms with van der Waals surface area (Å²) in [5.74, 6) is 0.203. The smallest absolute Gasteiger partial charge is 0.227 e. The molecular weight excluding hydrogens is 288 g/mol. The first kappa shape index (κ1) is 18.0. The Hall–Kier alpha value is -1.36. The Kier molecular flexibility index (Phi) is 5.84. The lowest BCUT2D eigenvalue weighted by Gasteiger charge is -2.38. The number of carbonyl (C=O) groups excluding carboxylic acids is 1. The average molecular weight is 320 g/mol. The lowest BCUT2D eigenvalue weighted by molar-refractivity contribution is -0.133. The van der Waals surface area contributed by atoms with Crippen molar-refractivity contribution in [3.8, 4) is 0 Å². The van der Waals surface area contributed by atoms with Crippen molar-refractivity contribution >= 4 is 5.91 Å². The van der Waals surface area contributed by atoms with Gasteiger partial charge in [-0.25, -0.2) is 0 Å².